The molecule has 1 amide bonds. The number of aliphatic imine (C=N–C) groups is 1. The molecule has 0 bridgehead atoms. The van der Waals surface area contributed by atoms with Crippen LogP contribution in [0, 0.1) is 5.92 Å². The Balaban J connectivity index is 0.000000181. The van der Waals surface area contributed by atoms with E-state index in [-0.39, 0.29) is 6.09 Å². The molecule has 3 aromatic carbocycles. The molecular formula is C37H47N3O2S2. The van der Waals surface area contributed by atoms with Gasteiger partial charge in [0.25, 0.3) is 0 Å². The first kappa shape index (κ1) is 35.1. The molecule has 2 atom stereocenters. The maximum atomic E-state index is 11.3. The lowest BCUT2D eigenvalue weighted by molar-refractivity contribution is 0.0528. The molecule has 0 radical (unpaired) electrons. The molecule has 5 rings (SSSR count). The molecule has 0 aliphatic carbocycles. The summed E-state index contributed by atoms with van der Waals surface area (Å²) in [6.07, 6.45) is 4.53. The molecule has 234 valence electrons. The van der Waals surface area contributed by atoms with Crippen LogP contribution in [-0.2, 0) is 24.0 Å². The highest BCUT2D eigenvalue weighted by Crippen LogP contribution is 2.22. The molecule has 2 heterocycles. The number of thioether (sulfide) groups is 1. The first-order valence-electron chi connectivity index (χ1n) is 15.3. The van der Waals surface area contributed by atoms with Gasteiger partial charge < -0.3 is 10.1 Å². The van der Waals surface area contributed by atoms with Crippen LogP contribution in [0.5, 0.6) is 0 Å². The number of hydrogen-bond donors (Lipinski definition) is 1. The van der Waals surface area contributed by atoms with E-state index in [4.69, 9.17) is 4.74 Å². The average molecular weight is 630 g/mol. The van der Waals surface area contributed by atoms with Crippen LogP contribution in [0.15, 0.2) is 108 Å². The maximum Gasteiger partial charge on any atom is 0.407 e. The molecule has 1 aliphatic heterocycles. The van der Waals surface area contributed by atoms with Gasteiger partial charge in [0.15, 0.2) is 0 Å². The number of nitrogens with zero attached hydrogens (tertiary/aromatic N) is 2. The van der Waals surface area contributed by atoms with Crippen molar-refractivity contribution in [2.45, 2.75) is 65.4 Å². The molecular weight excluding hydrogens is 583 g/mol. The van der Waals surface area contributed by atoms with E-state index >= 15 is 0 Å². The molecule has 0 saturated carbocycles. The minimum atomic E-state index is -0.434. The summed E-state index contributed by atoms with van der Waals surface area (Å²) in [5.41, 5.74) is 3.57. The van der Waals surface area contributed by atoms with Crippen LogP contribution in [0.4, 0.5) is 4.79 Å². The second-order valence-electron chi connectivity index (χ2n) is 11.8. The van der Waals surface area contributed by atoms with Crippen molar-refractivity contribution in [3.05, 3.63) is 124 Å². The lowest BCUT2D eigenvalue weighted by atomic mass is 10.0. The van der Waals surface area contributed by atoms with Gasteiger partial charge in [-0.2, -0.15) is 0 Å². The van der Waals surface area contributed by atoms with Crippen molar-refractivity contribution < 1.29 is 9.53 Å². The van der Waals surface area contributed by atoms with E-state index < -0.39 is 5.60 Å². The third-order valence-electron chi connectivity index (χ3n) is 6.60. The zero-order valence-corrected chi connectivity index (χ0v) is 28.4. The monoisotopic (exact) mass is 629 g/mol. The standard InChI is InChI=1S/C13H19NO2.C12H15NS.C12H13NS/c1-13(2,3)16-12(15)14-10-9-11-7-5-4-6-8-11;2*1-10(12-13-7-8-14-12)9-11-5-3-2-4-6-11/h4-8H,9-10H2,1-3H3,(H,14,15);2-6,10H,7-9H2,1H3;2-8,10H,9H2,1H3. The summed E-state index contributed by atoms with van der Waals surface area (Å²) in [6.45, 7) is 11.7. The van der Waals surface area contributed by atoms with Crippen LogP contribution >= 0.6 is 23.1 Å². The molecule has 0 fully saturated rings. The first-order chi connectivity index (χ1) is 21.2. The number of ether oxygens (including phenoxy) is 1. The van der Waals surface area contributed by atoms with Crippen LogP contribution in [0.1, 0.15) is 62.2 Å². The lowest BCUT2D eigenvalue weighted by Crippen LogP contribution is -2.33. The Bertz CT molecular complexity index is 1360. The normalized spacial score (nSPS) is 13.7. The van der Waals surface area contributed by atoms with Gasteiger partial charge in [-0.1, -0.05) is 105 Å². The fourth-order valence-corrected chi connectivity index (χ4v) is 6.15. The fraction of sp³-hybridized carbons (Fsp3) is 0.378. The van der Waals surface area contributed by atoms with E-state index in [0.717, 1.165) is 25.8 Å². The summed E-state index contributed by atoms with van der Waals surface area (Å²) >= 11 is 3.66. The van der Waals surface area contributed by atoms with Crippen LogP contribution < -0.4 is 5.32 Å². The predicted octanol–water partition coefficient (Wildman–Crippen LogP) is 9.25. The van der Waals surface area contributed by atoms with E-state index in [9.17, 15) is 4.79 Å². The summed E-state index contributed by atoms with van der Waals surface area (Å²) in [5, 5.41) is 7.34. The zero-order chi connectivity index (χ0) is 31.6. The van der Waals surface area contributed by atoms with Crippen LogP contribution in [0.3, 0.4) is 0 Å². The molecule has 44 heavy (non-hydrogen) atoms. The smallest absolute Gasteiger partial charge is 0.407 e. The number of carbonyl (C=O) groups is 1. The van der Waals surface area contributed by atoms with Crippen molar-refractivity contribution in [2.24, 2.45) is 10.9 Å². The third kappa shape index (κ3) is 14.4. The number of aromatic nitrogens is 1. The number of rotatable bonds is 9. The number of benzene rings is 3. The van der Waals surface area contributed by atoms with Crippen LogP contribution in [0.25, 0.3) is 0 Å². The molecule has 5 nitrogen and oxygen atoms in total. The molecule has 2 unspecified atom stereocenters. The fourth-order valence-electron chi connectivity index (χ4n) is 4.51. The SMILES string of the molecule is CC(C)(C)OC(=O)NCCc1ccccc1.CC(Cc1ccccc1)C1=NCCS1.CC(Cc1ccccc1)c1nccs1. The molecule has 4 aromatic rings. The second kappa shape index (κ2) is 19.1. The third-order valence-corrected chi connectivity index (χ3v) is 8.82. The Hall–Kier alpha value is -3.42. The van der Waals surface area contributed by atoms with E-state index in [2.05, 4.69) is 89.8 Å². The van der Waals surface area contributed by atoms with Gasteiger partial charge in [-0.3, -0.25) is 4.99 Å². The minimum Gasteiger partial charge on any atom is -0.444 e. The number of hydrogen-bond acceptors (Lipinski definition) is 6. The molecule has 7 heteroatoms. The van der Waals surface area contributed by atoms with Crippen molar-refractivity contribution in [2.75, 3.05) is 18.8 Å². The first-order valence-corrected chi connectivity index (χ1v) is 17.2. The number of amides is 1. The number of carbonyl (C=O) groups excluding carboxylic acids is 1. The molecule has 1 aromatic heterocycles. The van der Waals surface area contributed by atoms with Gasteiger partial charge in [0.05, 0.1) is 10.1 Å². The summed E-state index contributed by atoms with van der Waals surface area (Å²) in [6, 6.07) is 31.3. The van der Waals surface area contributed by atoms with Gasteiger partial charge in [0.1, 0.15) is 5.60 Å². The Labute approximate surface area is 272 Å². The number of thiazole rings is 1. The molecule has 1 N–H and O–H groups in total. The van der Waals surface area contributed by atoms with Gasteiger partial charge in [-0.15, -0.1) is 23.1 Å². The highest BCUT2D eigenvalue weighted by molar-refractivity contribution is 8.14. The largest absolute Gasteiger partial charge is 0.444 e. The highest BCUT2D eigenvalue weighted by Gasteiger charge is 2.16. The number of alkyl carbamates (subject to hydrolysis) is 1. The Morgan fingerprint density at radius 3 is 1.86 bits per heavy atom. The van der Waals surface area contributed by atoms with E-state index in [1.165, 1.54) is 32.5 Å². The van der Waals surface area contributed by atoms with Crippen LogP contribution in [-0.4, -0.2) is 40.6 Å². The van der Waals surface area contributed by atoms with Crippen molar-refractivity contribution in [1.82, 2.24) is 10.3 Å². The summed E-state index contributed by atoms with van der Waals surface area (Å²) in [4.78, 5) is 20.2. The van der Waals surface area contributed by atoms with E-state index in [1.807, 2.05) is 74.4 Å². The van der Waals surface area contributed by atoms with Gasteiger partial charge in [-0.25, -0.2) is 9.78 Å². The second-order valence-corrected chi connectivity index (χ2v) is 13.8. The van der Waals surface area contributed by atoms with Gasteiger partial charge in [-0.05, 0) is 56.7 Å². The minimum absolute atomic E-state index is 0.358. The van der Waals surface area contributed by atoms with E-state index in [0.29, 0.717) is 18.4 Å². The van der Waals surface area contributed by atoms with E-state index in [1.54, 1.807) is 11.3 Å². The van der Waals surface area contributed by atoms with Gasteiger partial charge >= 0.3 is 6.09 Å². The predicted molar refractivity (Wildman–Crippen MR) is 189 cm³/mol. The molecule has 1 aliphatic rings. The summed E-state index contributed by atoms with van der Waals surface area (Å²) in [7, 11) is 0. The van der Waals surface area contributed by atoms with Gasteiger partial charge in [0.2, 0.25) is 0 Å². The van der Waals surface area contributed by atoms with Crippen molar-refractivity contribution in [1.29, 1.82) is 0 Å². The summed E-state index contributed by atoms with van der Waals surface area (Å²) < 4.78 is 5.13. The van der Waals surface area contributed by atoms with Crippen LogP contribution in [0.2, 0.25) is 0 Å². The Kier molecular flexibility index (Phi) is 15.2. The lowest BCUT2D eigenvalue weighted by Gasteiger charge is -2.19. The van der Waals surface area contributed by atoms with Crippen molar-refractivity contribution in [3.8, 4) is 0 Å². The zero-order valence-electron chi connectivity index (χ0n) is 26.7. The maximum absolute atomic E-state index is 11.3. The number of nitrogens with one attached hydrogen (secondary N) is 1. The highest BCUT2D eigenvalue weighted by atomic mass is 32.2. The Morgan fingerprint density at radius 1 is 0.841 bits per heavy atom. The van der Waals surface area contributed by atoms with Crippen molar-refractivity contribution >= 4 is 34.2 Å². The summed E-state index contributed by atoms with van der Waals surface area (Å²) in [5.74, 6) is 2.29. The van der Waals surface area contributed by atoms with Crippen molar-refractivity contribution in [3.63, 3.8) is 0 Å². The average Bonchev–Trinajstić information content (AvgIpc) is 3.74. The topological polar surface area (TPSA) is 63.6 Å². The Morgan fingerprint density at radius 2 is 1.39 bits per heavy atom. The molecule has 0 saturated heterocycles. The quantitative estimate of drug-likeness (QED) is 0.200. The van der Waals surface area contributed by atoms with Gasteiger partial charge in [0, 0.05) is 42.3 Å². The molecule has 0 spiro atoms.